The number of furan rings is 1. The first-order valence-electron chi connectivity index (χ1n) is 9.26. The lowest BCUT2D eigenvalue weighted by Crippen LogP contribution is -2.40. The summed E-state index contributed by atoms with van der Waals surface area (Å²) in [6.45, 7) is 0.585. The van der Waals surface area contributed by atoms with Crippen molar-refractivity contribution in [2.75, 3.05) is 18.0 Å². The number of ether oxygens (including phenoxy) is 1. The smallest absolute Gasteiger partial charge is 0.287 e. The van der Waals surface area contributed by atoms with Crippen LogP contribution in [-0.2, 0) is 16.0 Å². The van der Waals surface area contributed by atoms with Crippen LogP contribution in [0, 0.1) is 0 Å². The van der Waals surface area contributed by atoms with Crippen molar-refractivity contribution in [2.24, 2.45) is 0 Å². The predicted molar refractivity (Wildman–Crippen MR) is 98.8 cm³/mol. The molecule has 0 bridgehead atoms. The van der Waals surface area contributed by atoms with E-state index in [9.17, 15) is 19.8 Å². The van der Waals surface area contributed by atoms with Crippen LogP contribution in [0.4, 0.5) is 5.69 Å². The summed E-state index contributed by atoms with van der Waals surface area (Å²) in [4.78, 5) is 26.3. The van der Waals surface area contributed by atoms with Crippen LogP contribution < -0.4 is 10.2 Å². The van der Waals surface area contributed by atoms with Crippen LogP contribution in [0.25, 0.3) is 0 Å². The average Bonchev–Trinajstić information content (AvgIpc) is 3.43. The molecule has 0 aliphatic carbocycles. The van der Waals surface area contributed by atoms with Gasteiger partial charge in [0.05, 0.1) is 18.8 Å². The van der Waals surface area contributed by atoms with E-state index in [-0.39, 0.29) is 24.6 Å². The number of amides is 2. The van der Waals surface area contributed by atoms with E-state index < -0.39 is 30.3 Å². The third-order valence-corrected chi connectivity index (χ3v) is 5.23. The van der Waals surface area contributed by atoms with Gasteiger partial charge >= 0.3 is 0 Å². The van der Waals surface area contributed by atoms with E-state index in [1.807, 2.05) is 24.3 Å². The van der Waals surface area contributed by atoms with Crippen molar-refractivity contribution in [3.8, 4) is 0 Å². The number of rotatable bonds is 5. The molecule has 1 fully saturated rings. The van der Waals surface area contributed by atoms with Crippen molar-refractivity contribution >= 4 is 17.5 Å². The van der Waals surface area contributed by atoms with Crippen molar-refractivity contribution in [3.05, 3.63) is 54.0 Å². The molecule has 0 saturated carbocycles. The number of hydrogen-bond acceptors (Lipinski definition) is 6. The third kappa shape index (κ3) is 3.54. The second kappa shape index (κ2) is 7.75. The van der Waals surface area contributed by atoms with E-state index in [1.165, 1.54) is 12.3 Å². The number of nitrogens with zero attached hydrogens (tertiary/aromatic N) is 1. The summed E-state index contributed by atoms with van der Waals surface area (Å²) < 4.78 is 10.7. The normalized spacial score (nSPS) is 26.3. The molecule has 8 heteroatoms. The van der Waals surface area contributed by atoms with Crippen molar-refractivity contribution in [3.63, 3.8) is 0 Å². The summed E-state index contributed by atoms with van der Waals surface area (Å²) in [5, 5.41) is 23.1. The van der Waals surface area contributed by atoms with Crippen molar-refractivity contribution in [1.29, 1.82) is 0 Å². The molecule has 1 aromatic carbocycles. The topological polar surface area (TPSA) is 112 Å². The third-order valence-electron chi connectivity index (χ3n) is 5.23. The zero-order valence-corrected chi connectivity index (χ0v) is 15.2. The molecule has 4 atom stereocenters. The lowest BCUT2D eigenvalue weighted by atomic mass is 10.0. The number of aliphatic hydroxyl groups is 2. The second-order valence-corrected chi connectivity index (χ2v) is 7.01. The number of aliphatic hydroxyl groups excluding tert-OH is 2. The molecule has 28 heavy (non-hydrogen) atoms. The zero-order valence-electron chi connectivity index (χ0n) is 15.2. The number of benzene rings is 1. The average molecular weight is 386 g/mol. The standard InChI is InChI=1S/C20H22N2O6/c23-17(22-8-7-12-4-1-2-5-13(12)22)10-15-18(24)19(25)16(28-15)11-21-20(26)14-6-3-9-27-14/h1-6,9,15-16,18-19,24-25H,7-8,10-11H2,(H,21,26)/t15-,16+,18-,19+/m0/s1. The second-order valence-electron chi connectivity index (χ2n) is 7.01. The number of carbonyl (C=O) groups excluding carboxylic acids is 2. The number of anilines is 1. The van der Waals surface area contributed by atoms with Gasteiger partial charge in [-0.3, -0.25) is 9.59 Å². The molecule has 0 unspecified atom stereocenters. The van der Waals surface area contributed by atoms with Crippen molar-refractivity contribution < 1.29 is 29.0 Å². The molecule has 0 spiro atoms. The molecule has 1 saturated heterocycles. The van der Waals surface area contributed by atoms with Crippen LogP contribution >= 0.6 is 0 Å². The van der Waals surface area contributed by atoms with Crippen molar-refractivity contribution in [1.82, 2.24) is 5.32 Å². The van der Waals surface area contributed by atoms with E-state index in [1.54, 1.807) is 11.0 Å². The highest BCUT2D eigenvalue weighted by Crippen LogP contribution is 2.30. The molecule has 3 N–H and O–H groups in total. The Morgan fingerprint density at radius 3 is 2.68 bits per heavy atom. The summed E-state index contributed by atoms with van der Waals surface area (Å²) in [6, 6.07) is 10.8. The number of carbonyl (C=O) groups is 2. The van der Waals surface area contributed by atoms with Crippen LogP contribution in [0.15, 0.2) is 47.1 Å². The van der Waals surface area contributed by atoms with Crippen LogP contribution in [0.2, 0.25) is 0 Å². The highest BCUT2D eigenvalue weighted by molar-refractivity contribution is 5.95. The molecule has 2 aliphatic rings. The monoisotopic (exact) mass is 386 g/mol. The minimum Gasteiger partial charge on any atom is -0.459 e. The van der Waals surface area contributed by atoms with Gasteiger partial charge in [-0.25, -0.2) is 0 Å². The number of para-hydroxylation sites is 1. The van der Waals surface area contributed by atoms with Gasteiger partial charge in [0.1, 0.15) is 18.3 Å². The van der Waals surface area contributed by atoms with Crippen LogP contribution in [0.3, 0.4) is 0 Å². The quantitative estimate of drug-likeness (QED) is 0.689. The van der Waals surface area contributed by atoms with E-state index >= 15 is 0 Å². The Morgan fingerprint density at radius 2 is 1.89 bits per heavy atom. The Kier molecular flexibility index (Phi) is 5.17. The maximum atomic E-state index is 12.7. The van der Waals surface area contributed by atoms with Gasteiger partial charge in [-0.05, 0) is 30.2 Å². The molecule has 2 amide bonds. The van der Waals surface area contributed by atoms with Gasteiger partial charge in [-0.1, -0.05) is 18.2 Å². The van der Waals surface area contributed by atoms with Crippen molar-refractivity contribution in [2.45, 2.75) is 37.3 Å². The summed E-state index contributed by atoms with van der Waals surface area (Å²) in [6.07, 6.45) is -1.90. The largest absolute Gasteiger partial charge is 0.459 e. The lowest BCUT2D eigenvalue weighted by molar-refractivity contribution is -0.122. The zero-order chi connectivity index (χ0) is 19.7. The van der Waals surface area contributed by atoms with Gasteiger partial charge in [0.2, 0.25) is 5.91 Å². The molecule has 2 aliphatic heterocycles. The molecule has 148 valence electrons. The minimum absolute atomic E-state index is 0.00496. The molecular weight excluding hydrogens is 364 g/mol. The summed E-state index contributed by atoms with van der Waals surface area (Å²) in [7, 11) is 0. The molecule has 4 rings (SSSR count). The number of fused-ring (bicyclic) bond motifs is 1. The fraction of sp³-hybridized carbons (Fsp3) is 0.400. The molecular formula is C20H22N2O6. The van der Waals surface area contributed by atoms with E-state index in [0.717, 1.165) is 17.7 Å². The summed E-state index contributed by atoms with van der Waals surface area (Å²) >= 11 is 0. The Balaban J connectivity index is 1.34. The van der Waals surface area contributed by atoms with E-state index in [2.05, 4.69) is 5.32 Å². The Bertz CT molecular complexity index is 852. The number of hydrogen-bond donors (Lipinski definition) is 3. The van der Waals surface area contributed by atoms with Crippen LogP contribution in [0.1, 0.15) is 22.5 Å². The molecule has 3 heterocycles. The first-order valence-corrected chi connectivity index (χ1v) is 9.26. The van der Waals surface area contributed by atoms with Gasteiger partial charge in [0.25, 0.3) is 5.91 Å². The van der Waals surface area contributed by atoms with Gasteiger partial charge in [-0.15, -0.1) is 0 Å². The summed E-state index contributed by atoms with van der Waals surface area (Å²) in [5.41, 5.74) is 1.99. The maximum Gasteiger partial charge on any atom is 0.287 e. The van der Waals surface area contributed by atoms with Gasteiger partial charge < -0.3 is 29.6 Å². The minimum atomic E-state index is -1.20. The Morgan fingerprint density at radius 1 is 1.11 bits per heavy atom. The fourth-order valence-corrected chi connectivity index (χ4v) is 3.73. The van der Waals surface area contributed by atoms with Gasteiger partial charge in [0, 0.05) is 18.8 Å². The van der Waals surface area contributed by atoms with E-state index in [4.69, 9.17) is 9.15 Å². The van der Waals surface area contributed by atoms with Crippen LogP contribution in [0.5, 0.6) is 0 Å². The molecule has 8 nitrogen and oxygen atoms in total. The first-order chi connectivity index (χ1) is 13.5. The van der Waals surface area contributed by atoms with Crippen LogP contribution in [-0.4, -0.2) is 59.5 Å². The SMILES string of the molecule is O=C(NC[C@H]1O[C@@H](CC(=O)N2CCc3ccccc32)[C@H](O)[C@@H]1O)c1ccco1. The Labute approximate surface area is 161 Å². The van der Waals surface area contributed by atoms with Gasteiger partial charge in [-0.2, -0.15) is 0 Å². The van der Waals surface area contributed by atoms with Gasteiger partial charge in [0.15, 0.2) is 5.76 Å². The molecule has 2 aromatic rings. The Hall–Kier alpha value is -2.68. The highest BCUT2D eigenvalue weighted by atomic mass is 16.5. The molecule has 0 radical (unpaired) electrons. The fourth-order valence-electron chi connectivity index (χ4n) is 3.73. The first kappa shape index (κ1) is 18.7. The maximum absolute atomic E-state index is 12.7. The summed E-state index contributed by atoms with van der Waals surface area (Å²) in [5.74, 6) is -0.461. The highest BCUT2D eigenvalue weighted by Gasteiger charge is 2.44. The lowest BCUT2D eigenvalue weighted by Gasteiger charge is -2.21. The number of nitrogens with one attached hydrogen (secondary N) is 1. The predicted octanol–water partition coefficient (Wildman–Crippen LogP) is 0.478. The van der Waals surface area contributed by atoms with E-state index in [0.29, 0.717) is 6.54 Å². The molecule has 1 aromatic heterocycles.